The summed E-state index contributed by atoms with van der Waals surface area (Å²) in [4.78, 5) is 0.398. The Morgan fingerprint density at radius 3 is 2.73 bits per heavy atom. The van der Waals surface area contributed by atoms with Crippen LogP contribution in [0.4, 0.5) is 0 Å². The smallest absolute Gasteiger partial charge is 0.200 e. The van der Waals surface area contributed by atoms with Crippen molar-refractivity contribution in [1.29, 1.82) is 0 Å². The van der Waals surface area contributed by atoms with Crippen LogP contribution in [0.15, 0.2) is 28.5 Å². The highest BCUT2D eigenvalue weighted by Gasteiger charge is 2.26. The first-order valence-electron chi connectivity index (χ1n) is 4.60. The van der Waals surface area contributed by atoms with Crippen molar-refractivity contribution in [3.63, 3.8) is 0 Å². The molecular formula is C11H12O3S. The van der Waals surface area contributed by atoms with Gasteiger partial charge < -0.3 is 4.74 Å². The predicted octanol–water partition coefficient (Wildman–Crippen LogP) is 1.77. The second-order valence-corrected chi connectivity index (χ2v) is 5.39. The molecule has 0 aromatic heterocycles. The third-order valence-corrected chi connectivity index (χ3v) is 3.93. The first-order chi connectivity index (χ1) is 7.04. The van der Waals surface area contributed by atoms with E-state index in [1.807, 2.05) is 19.1 Å². The van der Waals surface area contributed by atoms with Crippen LogP contribution in [0.3, 0.4) is 0 Å². The number of hydrogen-bond acceptors (Lipinski definition) is 3. The number of hydrogen-bond donors (Lipinski definition) is 0. The van der Waals surface area contributed by atoms with Gasteiger partial charge in [-0.1, -0.05) is 12.1 Å². The Morgan fingerprint density at radius 1 is 1.33 bits per heavy atom. The minimum Gasteiger partial charge on any atom is -0.380 e. The molecule has 0 atom stereocenters. The molecular weight excluding hydrogens is 212 g/mol. The summed E-state index contributed by atoms with van der Waals surface area (Å²) in [6.07, 6.45) is 0. The monoisotopic (exact) mass is 224 g/mol. The Labute approximate surface area is 89.3 Å². The van der Waals surface area contributed by atoms with Gasteiger partial charge in [-0.3, -0.25) is 0 Å². The molecule has 0 fully saturated rings. The predicted molar refractivity (Wildman–Crippen MR) is 58.2 cm³/mol. The summed E-state index contributed by atoms with van der Waals surface area (Å²) in [5, 5.41) is 1.29. The average Bonchev–Trinajstić information content (AvgIpc) is 2.39. The maximum Gasteiger partial charge on any atom is 0.200 e. The lowest BCUT2D eigenvalue weighted by atomic mass is 10.1. The molecule has 3 nitrogen and oxygen atoms in total. The van der Waals surface area contributed by atoms with E-state index in [9.17, 15) is 8.42 Å². The molecule has 1 heterocycles. The van der Waals surface area contributed by atoms with Crippen molar-refractivity contribution >= 4 is 15.4 Å². The van der Waals surface area contributed by atoms with Gasteiger partial charge in [-0.15, -0.1) is 0 Å². The van der Waals surface area contributed by atoms with Gasteiger partial charge in [0.25, 0.3) is 0 Å². The Balaban J connectivity index is 2.62. The third kappa shape index (κ3) is 1.70. The Hall–Kier alpha value is -1.13. The molecule has 0 radical (unpaired) electrons. The molecule has 0 saturated carbocycles. The molecule has 1 aromatic carbocycles. The molecule has 1 aromatic rings. The maximum atomic E-state index is 11.8. The second-order valence-electron chi connectivity index (χ2n) is 3.62. The molecule has 0 saturated heterocycles. The van der Waals surface area contributed by atoms with E-state index in [2.05, 4.69) is 0 Å². The Kier molecular flexibility index (Phi) is 2.40. The van der Waals surface area contributed by atoms with Crippen molar-refractivity contribution in [3.05, 3.63) is 34.7 Å². The summed E-state index contributed by atoms with van der Waals surface area (Å²) >= 11 is 0. The second kappa shape index (κ2) is 3.47. The number of sulfone groups is 1. The third-order valence-electron chi connectivity index (χ3n) is 2.39. The number of aryl methyl sites for hydroxylation is 1. The zero-order valence-electron chi connectivity index (χ0n) is 8.65. The number of benzene rings is 1. The van der Waals surface area contributed by atoms with Gasteiger partial charge in [-0.05, 0) is 29.7 Å². The van der Waals surface area contributed by atoms with Crippen LogP contribution < -0.4 is 0 Å². The van der Waals surface area contributed by atoms with E-state index in [0.717, 1.165) is 16.7 Å². The van der Waals surface area contributed by atoms with Gasteiger partial charge in [0.05, 0.1) is 11.5 Å². The molecule has 0 unspecified atom stereocenters. The van der Waals surface area contributed by atoms with Crippen molar-refractivity contribution in [3.8, 4) is 0 Å². The first-order valence-corrected chi connectivity index (χ1v) is 6.15. The van der Waals surface area contributed by atoms with Crippen LogP contribution in [0.1, 0.15) is 11.1 Å². The normalized spacial score (nSPS) is 17.3. The molecule has 4 heteroatoms. The topological polar surface area (TPSA) is 43.4 Å². The van der Waals surface area contributed by atoms with Crippen LogP contribution in [-0.2, 0) is 14.6 Å². The standard InChI is InChI=1S/C11H12O3S/c1-8-3-4-10-9(6-14-2)7-15(12,13)11(10)5-8/h3-5,7H,6H2,1-2H3. The average molecular weight is 224 g/mol. The summed E-state index contributed by atoms with van der Waals surface area (Å²) in [6.45, 7) is 2.21. The molecule has 1 aliphatic heterocycles. The summed E-state index contributed by atoms with van der Waals surface area (Å²) in [5.41, 5.74) is 2.44. The fraction of sp³-hybridized carbons (Fsp3) is 0.273. The van der Waals surface area contributed by atoms with Gasteiger partial charge in [0.15, 0.2) is 0 Å². The van der Waals surface area contributed by atoms with Gasteiger partial charge in [0.1, 0.15) is 0 Å². The number of ether oxygens (including phenoxy) is 1. The highest BCUT2D eigenvalue weighted by molar-refractivity contribution is 7.95. The van der Waals surface area contributed by atoms with Gasteiger partial charge in [0.2, 0.25) is 9.84 Å². The largest absolute Gasteiger partial charge is 0.380 e. The van der Waals surface area contributed by atoms with Gasteiger partial charge >= 0.3 is 0 Å². The number of fused-ring (bicyclic) bond motifs is 1. The molecule has 0 amide bonds. The zero-order chi connectivity index (χ0) is 11.1. The van der Waals surface area contributed by atoms with Crippen molar-refractivity contribution < 1.29 is 13.2 Å². The summed E-state index contributed by atoms with van der Waals surface area (Å²) in [5.74, 6) is 0. The fourth-order valence-corrected chi connectivity index (χ4v) is 3.26. The van der Waals surface area contributed by atoms with E-state index in [4.69, 9.17) is 4.74 Å². The highest BCUT2D eigenvalue weighted by atomic mass is 32.2. The quantitative estimate of drug-likeness (QED) is 0.769. The summed E-state index contributed by atoms with van der Waals surface area (Å²) in [7, 11) is -1.69. The lowest BCUT2D eigenvalue weighted by molar-refractivity contribution is 0.240. The number of methoxy groups -OCH3 is 1. The van der Waals surface area contributed by atoms with E-state index >= 15 is 0 Å². The van der Waals surface area contributed by atoms with Crippen LogP contribution in [-0.4, -0.2) is 22.1 Å². The van der Waals surface area contributed by atoms with Crippen LogP contribution in [0, 0.1) is 6.92 Å². The SMILES string of the molecule is COCC1=CS(=O)(=O)c2cc(C)ccc21. The van der Waals surface area contributed by atoms with Crippen molar-refractivity contribution in [1.82, 2.24) is 0 Å². The summed E-state index contributed by atoms with van der Waals surface area (Å²) in [6, 6.07) is 5.44. The zero-order valence-corrected chi connectivity index (χ0v) is 9.47. The van der Waals surface area contributed by atoms with Gasteiger partial charge in [-0.25, -0.2) is 8.42 Å². The summed E-state index contributed by atoms with van der Waals surface area (Å²) < 4.78 is 28.5. The van der Waals surface area contributed by atoms with Crippen molar-refractivity contribution in [2.75, 3.05) is 13.7 Å². The highest BCUT2D eigenvalue weighted by Crippen LogP contribution is 2.33. The molecule has 15 heavy (non-hydrogen) atoms. The molecule has 80 valence electrons. The molecule has 0 bridgehead atoms. The van der Waals surface area contributed by atoms with E-state index < -0.39 is 9.84 Å². The van der Waals surface area contributed by atoms with E-state index in [0.29, 0.717) is 11.5 Å². The minimum atomic E-state index is -3.24. The van der Waals surface area contributed by atoms with E-state index in [1.54, 1.807) is 13.2 Å². The molecule has 0 spiro atoms. The van der Waals surface area contributed by atoms with Crippen LogP contribution >= 0.6 is 0 Å². The minimum absolute atomic E-state index is 0.329. The first kappa shape index (κ1) is 10.4. The number of rotatable bonds is 2. The van der Waals surface area contributed by atoms with E-state index in [1.165, 1.54) is 5.41 Å². The van der Waals surface area contributed by atoms with Gasteiger partial charge in [-0.2, -0.15) is 0 Å². The van der Waals surface area contributed by atoms with E-state index in [-0.39, 0.29) is 0 Å². The Bertz CT molecular complexity index is 527. The molecule has 1 aliphatic rings. The molecule has 0 N–H and O–H groups in total. The lowest BCUT2D eigenvalue weighted by Crippen LogP contribution is -1.94. The molecule has 0 aliphatic carbocycles. The maximum absolute atomic E-state index is 11.8. The van der Waals surface area contributed by atoms with Crippen molar-refractivity contribution in [2.24, 2.45) is 0 Å². The van der Waals surface area contributed by atoms with Crippen molar-refractivity contribution in [2.45, 2.75) is 11.8 Å². The lowest BCUT2D eigenvalue weighted by Gasteiger charge is -2.03. The Morgan fingerprint density at radius 2 is 2.07 bits per heavy atom. The van der Waals surface area contributed by atoms with Gasteiger partial charge in [0, 0.05) is 12.5 Å². The van der Waals surface area contributed by atoms with Crippen LogP contribution in [0.5, 0.6) is 0 Å². The van der Waals surface area contributed by atoms with Crippen LogP contribution in [0.2, 0.25) is 0 Å². The molecule has 2 rings (SSSR count). The van der Waals surface area contributed by atoms with Crippen LogP contribution in [0.25, 0.3) is 5.57 Å². The fourth-order valence-electron chi connectivity index (χ4n) is 1.71.